The summed E-state index contributed by atoms with van der Waals surface area (Å²) in [5.41, 5.74) is 0.729. The topological polar surface area (TPSA) is 46.5 Å². The molecule has 0 radical (unpaired) electrons. The van der Waals surface area contributed by atoms with Gasteiger partial charge in [0.1, 0.15) is 5.75 Å². The number of aliphatic carboxylic acids is 1. The monoisotopic (exact) mass is 234 g/mol. The number of rotatable bonds is 5. The van der Waals surface area contributed by atoms with E-state index in [1.807, 2.05) is 31.2 Å². The molecule has 3 heteroatoms. The first-order chi connectivity index (χ1) is 8.12. The summed E-state index contributed by atoms with van der Waals surface area (Å²) in [6, 6.07) is 7.87. The first kappa shape index (κ1) is 12.0. The third-order valence-electron chi connectivity index (χ3n) is 3.93. The van der Waals surface area contributed by atoms with Gasteiger partial charge in [-0.15, -0.1) is 0 Å². The SMILES string of the molecule is CCC1(C(=O)O)CC1Cc1ccc(OC)cc1. The zero-order valence-corrected chi connectivity index (χ0v) is 10.3. The van der Waals surface area contributed by atoms with Crippen molar-refractivity contribution in [1.29, 1.82) is 0 Å². The molecule has 17 heavy (non-hydrogen) atoms. The summed E-state index contributed by atoms with van der Waals surface area (Å²) in [5, 5.41) is 9.21. The molecule has 1 aliphatic carbocycles. The van der Waals surface area contributed by atoms with E-state index >= 15 is 0 Å². The highest BCUT2D eigenvalue weighted by molar-refractivity contribution is 5.78. The standard InChI is InChI=1S/C14H18O3/c1-3-14(13(15)16)9-11(14)8-10-4-6-12(17-2)7-5-10/h4-7,11H,3,8-9H2,1-2H3,(H,15,16). The van der Waals surface area contributed by atoms with Crippen molar-refractivity contribution >= 4 is 5.97 Å². The maximum atomic E-state index is 11.2. The van der Waals surface area contributed by atoms with Crippen molar-refractivity contribution in [3.63, 3.8) is 0 Å². The van der Waals surface area contributed by atoms with Crippen molar-refractivity contribution in [2.45, 2.75) is 26.2 Å². The van der Waals surface area contributed by atoms with E-state index in [0.717, 1.165) is 25.0 Å². The van der Waals surface area contributed by atoms with Gasteiger partial charge in [0.25, 0.3) is 0 Å². The second-order valence-corrected chi connectivity index (χ2v) is 4.77. The van der Waals surface area contributed by atoms with E-state index in [9.17, 15) is 9.90 Å². The molecular weight excluding hydrogens is 216 g/mol. The van der Waals surface area contributed by atoms with Crippen LogP contribution in [0, 0.1) is 11.3 Å². The van der Waals surface area contributed by atoms with E-state index in [2.05, 4.69) is 0 Å². The van der Waals surface area contributed by atoms with Crippen LogP contribution in [0.15, 0.2) is 24.3 Å². The van der Waals surface area contributed by atoms with Crippen molar-refractivity contribution in [1.82, 2.24) is 0 Å². The first-order valence-corrected chi connectivity index (χ1v) is 5.98. The maximum Gasteiger partial charge on any atom is 0.309 e. The lowest BCUT2D eigenvalue weighted by Crippen LogP contribution is -2.17. The molecule has 0 heterocycles. The van der Waals surface area contributed by atoms with Crippen LogP contribution < -0.4 is 4.74 Å². The number of ether oxygens (including phenoxy) is 1. The van der Waals surface area contributed by atoms with E-state index in [0.29, 0.717) is 5.92 Å². The molecule has 1 aromatic carbocycles. The Morgan fingerprint density at radius 1 is 1.47 bits per heavy atom. The van der Waals surface area contributed by atoms with E-state index in [-0.39, 0.29) is 0 Å². The van der Waals surface area contributed by atoms with Gasteiger partial charge in [0, 0.05) is 0 Å². The molecule has 0 bridgehead atoms. The molecule has 1 aromatic rings. The lowest BCUT2D eigenvalue weighted by atomic mass is 9.97. The largest absolute Gasteiger partial charge is 0.497 e. The lowest BCUT2D eigenvalue weighted by molar-refractivity contribution is -0.144. The second-order valence-electron chi connectivity index (χ2n) is 4.77. The predicted molar refractivity (Wildman–Crippen MR) is 65.2 cm³/mol. The molecule has 0 aliphatic heterocycles. The van der Waals surface area contributed by atoms with E-state index in [1.165, 1.54) is 5.56 Å². The Balaban J connectivity index is 2.01. The molecule has 1 N–H and O–H groups in total. The highest BCUT2D eigenvalue weighted by atomic mass is 16.5. The van der Waals surface area contributed by atoms with Crippen molar-refractivity contribution in [3.8, 4) is 5.75 Å². The number of carboxylic acids is 1. The van der Waals surface area contributed by atoms with Gasteiger partial charge < -0.3 is 9.84 Å². The summed E-state index contributed by atoms with van der Waals surface area (Å²) < 4.78 is 5.10. The molecule has 1 fully saturated rings. The minimum absolute atomic E-state index is 0.290. The lowest BCUT2D eigenvalue weighted by Gasteiger charge is -2.09. The smallest absolute Gasteiger partial charge is 0.309 e. The van der Waals surface area contributed by atoms with Crippen molar-refractivity contribution in [2.75, 3.05) is 7.11 Å². The second kappa shape index (κ2) is 4.40. The van der Waals surface area contributed by atoms with Crippen LogP contribution >= 0.6 is 0 Å². The van der Waals surface area contributed by atoms with Crippen LogP contribution in [0.2, 0.25) is 0 Å². The van der Waals surface area contributed by atoms with Crippen LogP contribution in [-0.4, -0.2) is 18.2 Å². The molecule has 2 unspecified atom stereocenters. The van der Waals surface area contributed by atoms with E-state index < -0.39 is 11.4 Å². The number of hydrogen-bond acceptors (Lipinski definition) is 2. The van der Waals surface area contributed by atoms with Gasteiger partial charge in [-0.3, -0.25) is 4.79 Å². The number of methoxy groups -OCH3 is 1. The Kier molecular flexibility index (Phi) is 3.09. The van der Waals surface area contributed by atoms with Gasteiger partial charge in [0.05, 0.1) is 12.5 Å². The Labute approximate surface area is 101 Å². The van der Waals surface area contributed by atoms with Crippen LogP contribution in [0.4, 0.5) is 0 Å². The summed E-state index contributed by atoms with van der Waals surface area (Å²) >= 11 is 0. The quantitative estimate of drug-likeness (QED) is 0.852. The fourth-order valence-electron chi connectivity index (χ4n) is 2.54. The number of hydrogen-bond donors (Lipinski definition) is 1. The van der Waals surface area contributed by atoms with Gasteiger partial charge in [-0.25, -0.2) is 0 Å². The van der Waals surface area contributed by atoms with Gasteiger partial charge in [-0.1, -0.05) is 19.1 Å². The Bertz CT molecular complexity index is 410. The summed E-state index contributed by atoms with van der Waals surface area (Å²) in [4.78, 5) is 11.2. The molecule has 0 aromatic heterocycles. The van der Waals surface area contributed by atoms with Gasteiger partial charge in [0.15, 0.2) is 0 Å². The highest BCUT2D eigenvalue weighted by Gasteiger charge is 2.58. The number of carbonyl (C=O) groups is 1. The molecule has 2 rings (SSSR count). The molecule has 0 spiro atoms. The van der Waals surface area contributed by atoms with E-state index in [4.69, 9.17) is 4.74 Å². The van der Waals surface area contributed by atoms with Crippen LogP contribution in [0.3, 0.4) is 0 Å². The van der Waals surface area contributed by atoms with Crippen LogP contribution in [0.1, 0.15) is 25.3 Å². The average molecular weight is 234 g/mol. The van der Waals surface area contributed by atoms with Crippen molar-refractivity contribution in [3.05, 3.63) is 29.8 Å². The molecule has 0 amide bonds. The summed E-state index contributed by atoms with van der Waals surface area (Å²) in [5.74, 6) is 0.487. The Hall–Kier alpha value is -1.51. The van der Waals surface area contributed by atoms with Gasteiger partial charge in [-0.2, -0.15) is 0 Å². The zero-order chi connectivity index (χ0) is 12.5. The van der Waals surface area contributed by atoms with Crippen LogP contribution in [0.5, 0.6) is 5.75 Å². The van der Waals surface area contributed by atoms with Crippen molar-refractivity contribution in [2.24, 2.45) is 11.3 Å². The van der Waals surface area contributed by atoms with Gasteiger partial charge >= 0.3 is 5.97 Å². The zero-order valence-electron chi connectivity index (χ0n) is 10.3. The Morgan fingerprint density at radius 2 is 2.12 bits per heavy atom. The summed E-state index contributed by atoms with van der Waals surface area (Å²) in [7, 11) is 1.64. The fraction of sp³-hybridized carbons (Fsp3) is 0.500. The molecule has 92 valence electrons. The van der Waals surface area contributed by atoms with Crippen LogP contribution in [-0.2, 0) is 11.2 Å². The summed E-state index contributed by atoms with van der Waals surface area (Å²) in [6.07, 6.45) is 2.39. The first-order valence-electron chi connectivity index (χ1n) is 5.98. The molecular formula is C14H18O3. The third-order valence-corrected chi connectivity index (χ3v) is 3.93. The normalized spacial score (nSPS) is 26.6. The van der Waals surface area contributed by atoms with E-state index in [1.54, 1.807) is 7.11 Å². The van der Waals surface area contributed by atoms with Crippen molar-refractivity contribution < 1.29 is 14.6 Å². The fourth-order valence-corrected chi connectivity index (χ4v) is 2.54. The molecule has 0 saturated heterocycles. The summed E-state index contributed by atoms with van der Waals surface area (Å²) in [6.45, 7) is 1.96. The highest BCUT2D eigenvalue weighted by Crippen LogP contribution is 2.56. The molecule has 2 atom stereocenters. The minimum Gasteiger partial charge on any atom is -0.497 e. The minimum atomic E-state index is -0.640. The number of carboxylic acid groups (broad SMARTS) is 1. The molecule has 1 saturated carbocycles. The predicted octanol–water partition coefficient (Wildman–Crippen LogP) is 2.74. The Morgan fingerprint density at radius 3 is 2.53 bits per heavy atom. The number of benzene rings is 1. The molecule has 3 nitrogen and oxygen atoms in total. The average Bonchev–Trinajstić information content (AvgIpc) is 3.05. The van der Waals surface area contributed by atoms with Gasteiger partial charge in [-0.05, 0) is 42.9 Å². The maximum absolute atomic E-state index is 11.2. The van der Waals surface area contributed by atoms with Gasteiger partial charge in [0.2, 0.25) is 0 Å². The molecule has 1 aliphatic rings. The van der Waals surface area contributed by atoms with Crippen LogP contribution in [0.25, 0.3) is 0 Å². The third kappa shape index (κ3) is 2.14.